The van der Waals surface area contributed by atoms with Gasteiger partial charge in [-0.05, 0) is 44.6 Å². The Bertz CT molecular complexity index is 467. The molecule has 1 aromatic rings. The van der Waals surface area contributed by atoms with E-state index in [-0.39, 0.29) is 5.82 Å². The van der Waals surface area contributed by atoms with Crippen LogP contribution in [0.5, 0.6) is 0 Å². The molecule has 1 aromatic carbocycles. The van der Waals surface area contributed by atoms with E-state index in [9.17, 15) is 4.39 Å². The van der Waals surface area contributed by atoms with Gasteiger partial charge in [-0.15, -0.1) is 0 Å². The highest BCUT2D eigenvalue weighted by Crippen LogP contribution is 2.22. The van der Waals surface area contributed by atoms with E-state index in [0.29, 0.717) is 17.3 Å². The second kappa shape index (κ2) is 5.36. The van der Waals surface area contributed by atoms with Crippen LogP contribution in [0.2, 0.25) is 0 Å². The third-order valence-corrected chi connectivity index (χ3v) is 3.64. The molecule has 0 amide bonds. The fraction of sp³-hybridized carbons (Fsp3) is 0.500. The van der Waals surface area contributed by atoms with Crippen LogP contribution < -0.4 is 4.90 Å². The monoisotopic (exact) mass is 247 g/mol. The summed E-state index contributed by atoms with van der Waals surface area (Å²) in [6.45, 7) is 1.94. The molecule has 1 aliphatic heterocycles. The van der Waals surface area contributed by atoms with Crippen molar-refractivity contribution in [3.8, 4) is 6.07 Å². The third-order valence-electron chi connectivity index (χ3n) is 3.64. The lowest BCUT2D eigenvalue weighted by Gasteiger charge is -2.27. The molecule has 2 rings (SSSR count). The molecule has 0 radical (unpaired) electrons. The van der Waals surface area contributed by atoms with E-state index in [2.05, 4.69) is 11.9 Å². The maximum atomic E-state index is 13.9. The van der Waals surface area contributed by atoms with Crippen molar-refractivity contribution >= 4 is 5.69 Å². The summed E-state index contributed by atoms with van der Waals surface area (Å²) in [4.78, 5) is 4.25. The maximum Gasteiger partial charge on any atom is 0.147 e. The Balaban J connectivity index is 2.09. The minimum Gasteiger partial charge on any atom is -0.371 e. The van der Waals surface area contributed by atoms with E-state index in [0.717, 1.165) is 13.1 Å². The summed E-state index contributed by atoms with van der Waals surface area (Å²) in [5.41, 5.74) is 0.928. The fourth-order valence-corrected chi connectivity index (χ4v) is 2.51. The number of hydrogen-bond donors (Lipinski definition) is 0. The van der Waals surface area contributed by atoms with Gasteiger partial charge in [0.2, 0.25) is 0 Å². The van der Waals surface area contributed by atoms with E-state index >= 15 is 0 Å². The van der Waals surface area contributed by atoms with Crippen molar-refractivity contribution in [1.29, 1.82) is 5.26 Å². The molecular formula is C14H18FN3. The van der Waals surface area contributed by atoms with Crippen molar-refractivity contribution in [2.24, 2.45) is 0 Å². The summed E-state index contributed by atoms with van der Waals surface area (Å²) < 4.78 is 13.9. The summed E-state index contributed by atoms with van der Waals surface area (Å²) in [7, 11) is 4.01. The quantitative estimate of drug-likeness (QED) is 0.820. The number of hydrogen-bond acceptors (Lipinski definition) is 3. The van der Waals surface area contributed by atoms with Crippen molar-refractivity contribution in [1.82, 2.24) is 4.90 Å². The second-order valence-corrected chi connectivity index (χ2v) is 4.94. The summed E-state index contributed by atoms with van der Waals surface area (Å²) in [5, 5.41) is 8.72. The van der Waals surface area contributed by atoms with Gasteiger partial charge in [-0.3, -0.25) is 0 Å². The average molecular weight is 247 g/mol. The first-order valence-electron chi connectivity index (χ1n) is 6.23. The van der Waals surface area contributed by atoms with E-state index in [4.69, 9.17) is 5.26 Å². The molecule has 0 saturated carbocycles. The van der Waals surface area contributed by atoms with Gasteiger partial charge in [0.25, 0.3) is 0 Å². The lowest BCUT2D eigenvalue weighted by atomic mass is 10.1. The highest BCUT2D eigenvalue weighted by molar-refractivity contribution is 5.50. The zero-order valence-electron chi connectivity index (χ0n) is 10.9. The van der Waals surface area contributed by atoms with Gasteiger partial charge in [-0.2, -0.15) is 5.26 Å². The molecule has 1 fully saturated rings. The molecule has 96 valence electrons. The Morgan fingerprint density at radius 2 is 2.33 bits per heavy atom. The van der Waals surface area contributed by atoms with Crippen LogP contribution in [0.1, 0.15) is 18.4 Å². The molecule has 0 spiro atoms. The van der Waals surface area contributed by atoms with Crippen LogP contribution in [0, 0.1) is 17.1 Å². The third kappa shape index (κ3) is 2.62. The number of nitriles is 1. The van der Waals surface area contributed by atoms with Crippen LogP contribution in [0.4, 0.5) is 10.1 Å². The van der Waals surface area contributed by atoms with Crippen molar-refractivity contribution in [2.45, 2.75) is 18.9 Å². The maximum absolute atomic E-state index is 13.9. The Morgan fingerprint density at radius 3 is 2.89 bits per heavy atom. The smallest absolute Gasteiger partial charge is 0.147 e. The van der Waals surface area contributed by atoms with Crippen LogP contribution in [-0.2, 0) is 0 Å². The number of nitrogens with zero attached hydrogens (tertiary/aromatic N) is 3. The Kier molecular flexibility index (Phi) is 3.83. The summed E-state index contributed by atoms with van der Waals surface area (Å²) in [6.07, 6.45) is 2.38. The van der Waals surface area contributed by atoms with Gasteiger partial charge in [-0.25, -0.2) is 4.39 Å². The molecule has 1 heterocycles. The van der Waals surface area contributed by atoms with Gasteiger partial charge in [-0.1, -0.05) is 0 Å². The summed E-state index contributed by atoms with van der Waals surface area (Å²) in [5.74, 6) is -0.322. The summed E-state index contributed by atoms with van der Waals surface area (Å²) >= 11 is 0. The van der Waals surface area contributed by atoms with Crippen LogP contribution in [0.25, 0.3) is 0 Å². The van der Waals surface area contributed by atoms with Crippen molar-refractivity contribution < 1.29 is 4.39 Å². The first-order chi connectivity index (χ1) is 8.61. The number of benzene rings is 1. The van der Waals surface area contributed by atoms with Gasteiger partial charge in [0.15, 0.2) is 0 Å². The SMILES string of the molecule is CN(CC1CCCN1C)c1ccc(C#N)cc1F. The minimum atomic E-state index is -0.322. The molecule has 1 unspecified atom stereocenters. The highest BCUT2D eigenvalue weighted by atomic mass is 19.1. The van der Waals surface area contributed by atoms with Crippen molar-refractivity contribution in [3.63, 3.8) is 0 Å². The first-order valence-corrected chi connectivity index (χ1v) is 6.23. The fourth-order valence-electron chi connectivity index (χ4n) is 2.51. The molecule has 18 heavy (non-hydrogen) atoms. The standard InChI is InChI=1S/C14H18FN3/c1-17-7-3-4-12(17)10-18(2)14-6-5-11(9-16)8-13(14)15/h5-6,8,12H,3-4,7,10H2,1-2H3. The highest BCUT2D eigenvalue weighted by Gasteiger charge is 2.23. The van der Waals surface area contributed by atoms with E-state index < -0.39 is 0 Å². The lowest BCUT2D eigenvalue weighted by molar-refractivity contribution is 0.314. The number of likely N-dealkylation sites (tertiary alicyclic amines) is 1. The Labute approximate surface area is 107 Å². The summed E-state index contributed by atoms with van der Waals surface area (Å²) in [6, 6.07) is 7.08. The van der Waals surface area contributed by atoms with Crippen LogP contribution in [-0.4, -0.2) is 38.1 Å². The molecule has 0 bridgehead atoms. The Hall–Kier alpha value is -1.60. The lowest BCUT2D eigenvalue weighted by Crippen LogP contribution is -2.36. The number of rotatable bonds is 3. The molecule has 4 heteroatoms. The normalized spacial score (nSPS) is 19.8. The van der Waals surface area contributed by atoms with Gasteiger partial charge >= 0.3 is 0 Å². The van der Waals surface area contributed by atoms with Crippen molar-refractivity contribution in [3.05, 3.63) is 29.6 Å². The van der Waals surface area contributed by atoms with E-state index in [1.807, 2.05) is 18.0 Å². The molecule has 1 aliphatic rings. The van der Waals surface area contributed by atoms with Crippen LogP contribution in [0.15, 0.2) is 18.2 Å². The molecule has 1 saturated heterocycles. The Morgan fingerprint density at radius 1 is 1.56 bits per heavy atom. The predicted octanol–water partition coefficient (Wildman–Crippen LogP) is 2.23. The molecule has 1 atom stereocenters. The largest absolute Gasteiger partial charge is 0.371 e. The van der Waals surface area contributed by atoms with Crippen LogP contribution in [0.3, 0.4) is 0 Å². The average Bonchev–Trinajstić information content (AvgIpc) is 2.74. The second-order valence-electron chi connectivity index (χ2n) is 4.94. The van der Waals surface area contributed by atoms with Crippen LogP contribution >= 0.6 is 0 Å². The number of anilines is 1. The molecule has 0 aromatic heterocycles. The molecule has 3 nitrogen and oxygen atoms in total. The molecular weight excluding hydrogens is 229 g/mol. The molecule has 0 aliphatic carbocycles. The zero-order chi connectivity index (χ0) is 13.1. The minimum absolute atomic E-state index is 0.322. The number of halogens is 1. The van der Waals surface area contributed by atoms with E-state index in [1.165, 1.54) is 18.9 Å². The van der Waals surface area contributed by atoms with E-state index in [1.54, 1.807) is 12.1 Å². The van der Waals surface area contributed by atoms with Gasteiger partial charge in [0, 0.05) is 19.6 Å². The van der Waals surface area contributed by atoms with Gasteiger partial charge < -0.3 is 9.80 Å². The predicted molar refractivity (Wildman–Crippen MR) is 70.0 cm³/mol. The van der Waals surface area contributed by atoms with Gasteiger partial charge in [0.1, 0.15) is 5.82 Å². The van der Waals surface area contributed by atoms with Crippen molar-refractivity contribution in [2.75, 3.05) is 32.1 Å². The van der Waals surface area contributed by atoms with Gasteiger partial charge in [0.05, 0.1) is 17.3 Å². The number of likely N-dealkylation sites (N-methyl/N-ethyl adjacent to an activating group) is 2. The molecule has 0 N–H and O–H groups in total. The zero-order valence-corrected chi connectivity index (χ0v) is 10.9. The topological polar surface area (TPSA) is 30.3 Å². The first kappa shape index (κ1) is 12.8.